The Morgan fingerprint density at radius 3 is 2.18 bits per heavy atom. The van der Waals surface area contributed by atoms with E-state index in [9.17, 15) is 35.9 Å². The van der Waals surface area contributed by atoms with Gasteiger partial charge in [-0.2, -0.15) is 31.9 Å². The fourth-order valence-corrected chi connectivity index (χ4v) is 4.70. The second-order valence-corrected chi connectivity index (χ2v) is 10.0. The smallest absolute Gasteiger partial charge is 0.368 e. The molecule has 0 saturated heterocycles. The zero-order chi connectivity index (χ0) is 32.8. The molecule has 3 aromatic carbocycles. The molecule has 15 heteroatoms. The van der Waals surface area contributed by atoms with E-state index in [0.717, 1.165) is 41.7 Å². The predicted octanol–water partition coefficient (Wildman–Crippen LogP) is 7.91. The third-order valence-corrected chi connectivity index (χ3v) is 6.94. The molecule has 5 N–H and O–H groups in total. The molecule has 0 atom stereocenters. The molecule has 4 rings (SSSR count). The number of rotatable bonds is 7. The van der Waals surface area contributed by atoms with Gasteiger partial charge in [0, 0.05) is 11.3 Å². The van der Waals surface area contributed by atoms with E-state index >= 15 is 0 Å². The van der Waals surface area contributed by atoms with Gasteiger partial charge in [0.15, 0.2) is 0 Å². The van der Waals surface area contributed by atoms with Crippen LogP contribution in [0.25, 0.3) is 5.57 Å². The van der Waals surface area contributed by atoms with E-state index in [1.54, 1.807) is 24.3 Å². The minimum absolute atomic E-state index is 0.127. The third kappa shape index (κ3) is 8.46. The molecule has 0 aromatic heterocycles. The van der Waals surface area contributed by atoms with Crippen molar-refractivity contribution in [1.29, 1.82) is 5.53 Å². The molecule has 0 saturated carbocycles. The van der Waals surface area contributed by atoms with Gasteiger partial charge >= 0.3 is 18.4 Å². The number of nitrogens with two attached hydrogens (primary N) is 1. The molecule has 0 unspecified atom stereocenters. The number of allylic oxidation sites excluding steroid dienone is 2. The van der Waals surface area contributed by atoms with Crippen LogP contribution in [-0.2, 0) is 18.9 Å². The van der Waals surface area contributed by atoms with Gasteiger partial charge in [-0.05, 0) is 90.1 Å². The van der Waals surface area contributed by atoms with Crippen LogP contribution in [0, 0.1) is 5.53 Å². The van der Waals surface area contributed by atoms with E-state index in [-0.39, 0.29) is 29.9 Å². The number of nitrogens with zero attached hydrogens (tertiary/aromatic N) is 3. The number of nitrogens with one attached hydrogen (secondary N) is 3. The summed E-state index contributed by atoms with van der Waals surface area (Å²) in [6.45, 7) is -0.225. The van der Waals surface area contributed by atoms with Gasteiger partial charge in [0.05, 0.1) is 23.4 Å². The molecular formula is C30H27F6N7O2. The minimum Gasteiger partial charge on any atom is -0.368 e. The van der Waals surface area contributed by atoms with Gasteiger partial charge in [-0.1, -0.05) is 35.4 Å². The van der Waals surface area contributed by atoms with Crippen LogP contribution in [0.5, 0.6) is 0 Å². The highest BCUT2D eigenvalue weighted by Crippen LogP contribution is 2.39. The van der Waals surface area contributed by atoms with Gasteiger partial charge in [0.2, 0.25) is 5.96 Å². The van der Waals surface area contributed by atoms with Crippen molar-refractivity contribution in [3.05, 3.63) is 101 Å². The van der Waals surface area contributed by atoms with Gasteiger partial charge in [0.25, 0.3) is 5.91 Å². The average Bonchev–Trinajstić information content (AvgIpc) is 2.99. The summed E-state index contributed by atoms with van der Waals surface area (Å²) in [5, 5.41) is 10.1. The normalized spacial score (nSPS) is 13.9. The zero-order valence-electron chi connectivity index (χ0n) is 23.5. The summed E-state index contributed by atoms with van der Waals surface area (Å²) in [5.41, 5.74) is 11.1. The summed E-state index contributed by atoms with van der Waals surface area (Å²) >= 11 is 0. The molecular weight excluding hydrogens is 604 g/mol. The third-order valence-electron chi connectivity index (χ3n) is 6.94. The molecule has 9 nitrogen and oxygen atoms in total. The summed E-state index contributed by atoms with van der Waals surface area (Å²) in [6, 6.07) is 12.2. The van der Waals surface area contributed by atoms with Crippen LogP contribution in [0.2, 0.25) is 0 Å². The summed E-state index contributed by atoms with van der Waals surface area (Å²) in [6.07, 6.45) is -3.99. The number of hydrogen-bond acceptors (Lipinski definition) is 4. The number of carbonyl (C=O) groups is 2. The van der Waals surface area contributed by atoms with Gasteiger partial charge in [0.1, 0.15) is 0 Å². The summed E-state index contributed by atoms with van der Waals surface area (Å²) in [4.78, 5) is 27.0. The first-order valence-electron chi connectivity index (χ1n) is 13.5. The predicted molar refractivity (Wildman–Crippen MR) is 155 cm³/mol. The molecule has 236 valence electrons. The lowest BCUT2D eigenvalue weighted by molar-refractivity contribution is -0.140. The van der Waals surface area contributed by atoms with Crippen molar-refractivity contribution in [2.45, 2.75) is 44.6 Å². The van der Waals surface area contributed by atoms with Gasteiger partial charge in [-0.25, -0.2) is 4.79 Å². The Hall–Kier alpha value is -5.21. The monoisotopic (exact) mass is 631 g/mol. The second kappa shape index (κ2) is 13.6. The lowest BCUT2D eigenvalue weighted by Gasteiger charge is -2.25. The number of urea groups is 1. The minimum atomic E-state index is -5.05. The van der Waals surface area contributed by atoms with Gasteiger partial charge in [-0.3, -0.25) is 15.0 Å². The lowest BCUT2D eigenvalue weighted by atomic mass is 9.93. The maximum atomic E-state index is 13.7. The van der Waals surface area contributed by atoms with Crippen LogP contribution in [-0.4, -0.2) is 17.9 Å². The number of amides is 3. The topological polar surface area (TPSA) is 136 Å². The van der Waals surface area contributed by atoms with Crippen molar-refractivity contribution in [2.24, 2.45) is 16.1 Å². The highest BCUT2D eigenvalue weighted by molar-refractivity contribution is 6.05. The Morgan fingerprint density at radius 2 is 1.60 bits per heavy atom. The van der Waals surface area contributed by atoms with Crippen molar-refractivity contribution >= 4 is 34.8 Å². The number of carbonyl (C=O) groups excluding carboxylic acids is 2. The zero-order valence-corrected chi connectivity index (χ0v) is 23.5. The fraction of sp³-hybridized carbons (Fsp3) is 0.233. The molecule has 3 aromatic rings. The Balaban J connectivity index is 1.67. The van der Waals surface area contributed by atoms with Crippen LogP contribution >= 0.6 is 0 Å². The summed E-state index contributed by atoms with van der Waals surface area (Å²) in [5.74, 6) is -1.08. The largest absolute Gasteiger partial charge is 0.418 e. The van der Waals surface area contributed by atoms with E-state index in [0.29, 0.717) is 11.6 Å². The van der Waals surface area contributed by atoms with E-state index in [2.05, 4.69) is 21.7 Å². The maximum Gasteiger partial charge on any atom is 0.418 e. The molecule has 1 aliphatic carbocycles. The quantitative estimate of drug-likeness (QED) is 0.0694. The number of halogens is 6. The molecule has 45 heavy (non-hydrogen) atoms. The number of benzene rings is 3. The van der Waals surface area contributed by atoms with E-state index in [1.165, 1.54) is 24.3 Å². The van der Waals surface area contributed by atoms with Crippen LogP contribution in [0.1, 0.15) is 58.3 Å². The Labute approximate surface area is 253 Å². The van der Waals surface area contributed by atoms with Crippen LogP contribution in [0.15, 0.2) is 83.1 Å². The van der Waals surface area contributed by atoms with E-state index in [4.69, 9.17) is 11.3 Å². The standard InChI is InChI=1S/C30H27F6N7O2/c31-29(32,33)22-12-15-24(30(34,35)36)25(16-22)39-28(45)43(23-13-10-20(11-14-23)19-4-2-1-3-5-19)17-18-6-8-21(9-7-18)26(44)40-27(37)41-42-38/h4,6-16H,1-3,5,17H2,(H,39,45)(H4,37,38,40,41,44). The van der Waals surface area contributed by atoms with Crippen molar-refractivity contribution < 1.29 is 35.9 Å². The van der Waals surface area contributed by atoms with Crippen molar-refractivity contribution in [1.82, 2.24) is 5.32 Å². The molecule has 0 radical (unpaired) electrons. The molecule has 3 amide bonds. The van der Waals surface area contributed by atoms with Gasteiger partial charge < -0.3 is 11.1 Å². The molecule has 1 aliphatic rings. The number of guanidine groups is 1. The summed E-state index contributed by atoms with van der Waals surface area (Å²) in [7, 11) is 0. The van der Waals surface area contributed by atoms with Crippen molar-refractivity contribution in [3.63, 3.8) is 0 Å². The average molecular weight is 632 g/mol. The molecule has 0 fully saturated rings. The first-order valence-corrected chi connectivity index (χ1v) is 13.5. The SMILES string of the molecule is N=N/N=C(\N)NC(=O)c1ccc(CN(C(=O)Nc2cc(C(F)(F)F)ccc2C(F)(F)F)c2ccc(C3=CCCCC3)cc2)cc1. The second-order valence-electron chi connectivity index (χ2n) is 10.0. The van der Waals surface area contributed by atoms with Crippen LogP contribution in [0.3, 0.4) is 0 Å². The Kier molecular flexibility index (Phi) is 9.89. The summed E-state index contributed by atoms with van der Waals surface area (Å²) < 4.78 is 81.3. The molecule has 0 aliphatic heterocycles. The highest BCUT2D eigenvalue weighted by atomic mass is 19.4. The first-order chi connectivity index (χ1) is 21.3. The number of hydrogen-bond donors (Lipinski definition) is 4. The fourth-order valence-electron chi connectivity index (χ4n) is 4.70. The molecule has 0 bridgehead atoms. The first kappa shape index (κ1) is 32.7. The van der Waals surface area contributed by atoms with Crippen LogP contribution < -0.4 is 21.3 Å². The van der Waals surface area contributed by atoms with Crippen molar-refractivity contribution in [3.8, 4) is 0 Å². The van der Waals surface area contributed by atoms with E-state index < -0.39 is 47.1 Å². The lowest BCUT2D eigenvalue weighted by Crippen LogP contribution is -2.36. The van der Waals surface area contributed by atoms with Crippen molar-refractivity contribution in [2.75, 3.05) is 10.2 Å². The molecule has 0 heterocycles. The maximum absolute atomic E-state index is 13.7. The Bertz CT molecular complexity index is 1620. The number of alkyl halides is 6. The highest BCUT2D eigenvalue weighted by Gasteiger charge is 2.38. The molecule has 0 spiro atoms. The van der Waals surface area contributed by atoms with Crippen LogP contribution in [0.4, 0.5) is 42.5 Å². The Morgan fingerprint density at radius 1 is 0.911 bits per heavy atom. The number of anilines is 2. The van der Waals surface area contributed by atoms with E-state index in [1.807, 2.05) is 5.32 Å². The van der Waals surface area contributed by atoms with Gasteiger partial charge in [-0.15, -0.1) is 0 Å².